The van der Waals surface area contributed by atoms with Crippen LogP contribution in [0, 0.1) is 5.41 Å². The van der Waals surface area contributed by atoms with Gasteiger partial charge in [0.1, 0.15) is 25.1 Å². The van der Waals surface area contributed by atoms with E-state index in [1.807, 2.05) is 0 Å². The van der Waals surface area contributed by atoms with Crippen molar-refractivity contribution >= 4 is 26.6 Å². The highest BCUT2D eigenvalue weighted by Crippen LogP contribution is 2.58. The predicted molar refractivity (Wildman–Crippen MR) is 74.2 cm³/mol. The predicted octanol–water partition coefficient (Wildman–Crippen LogP) is -1.54. The fourth-order valence-electron chi connectivity index (χ4n) is 2.71. The monoisotopic (exact) mass is 340 g/mol. The Morgan fingerprint density at radius 1 is 1.39 bits per heavy atom. The van der Waals surface area contributed by atoms with Gasteiger partial charge in [0.25, 0.3) is 0 Å². The Morgan fingerprint density at radius 2 is 2.17 bits per heavy atom. The van der Waals surface area contributed by atoms with Crippen LogP contribution in [0.2, 0.25) is 0 Å². The number of hydrogen-bond donors (Lipinski definition) is 4. The topological polar surface area (TPSA) is 148 Å². The first-order valence-corrected chi connectivity index (χ1v) is 8.27. The lowest BCUT2D eigenvalue weighted by Crippen LogP contribution is -2.40. The van der Waals surface area contributed by atoms with Gasteiger partial charge < -0.3 is 15.1 Å². The molecule has 2 radical (unpaired) electrons. The normalized spacial score (nSPS) is 37.1. The molecule has 0 aromatic carbocycles. The van der Waals surface area contributed by atoms with Crippen molar-refractivity contribution in [2.75, 3.05) is 6.61 Å². The summed E-state index contributed by atoms with van der Waals surface area (Å²) in [5.74, 6) is 0. The molecule has 13 heteroatoms. The Bertz CT molecular complexity index is 826. The summed E-state index contributed by atoms with van der Waals surface area (Å²) >= 11 is 0. The third-order valence-electron chi connectivity index (χ3n) is 3.79. The number of aliphatic hydroxyl groups excluding tert-OH is 1. The van der Waals surface area contributed by atoms with Gasteiger partial charge in [-0.05, 0) is 0 Å². The van der Waals surface area contributed by atoms with E-state index in [4.69, 9.17) is 26.8 Å². The molecule has 0 aliphatic carbocycles. The Labute approximate surface area is 130 Å². The van der Waals surface area contributed by atoms with E-state index in [0.717, 1.165) is 6.33 Å². The van der Waals surface area contributed by atoms with Gasteiger partial charge in [-0.15, -0.1) is 0 Å². The van der Waals surface area contributed by atoms with Crippen LogP contribution in [0.25, 0.3) is 11.2 Å². The average molecular weight is 340 g/mol. The summed E-state index contributed by atoms with van der Waals surface area (Å²) in [5.41, 5.74) is 0.142. The standard InChI is InChI=1S/C10H12BN5O6P/c11-23(19)20-1-4-7(22-23)6(17)10(21-4)15-2-13-5-8(12)16(18)3-14-9(5)15/h2-4,6-7,10,12,17-19H,1H2/q+1/t4-,6?,7+,10-,23?/m1/s1. The Kier molecular flexibility index (Phi) is 3.24. The molecule has 0 spiro atoms. The molecule has 2 aliphatic rings. The highest BCUT2D eigenvalue weighted by molar-refractivity contribution is 7.85. The lowest BCUT2D eigenvalue weighted by molar-refractivity contribution is -0.0603. The van der Waals surface area contributed by atoms with Crippen LogP contribution < -0.4 is 5.49 Å². The highest BCUT2D eigenvalue weighted by Gasteiger charge is 2.56. The Morgan fingerprint density at radius 3 is 2.96 bits per heavy atom. The van der Waals surface area contributed by atoms with Gasteiger partial charge in [0.15, 0.2) is 29.0 Å². The van der Waals surface area contributed by atoms with Crippen LogP contribution >= 0.6 is 7.82 Å². The number of ether oxygens (including phenoxy) is 1. The fraction of sp³-hybridized carbons (Fsp3) is 0.500. The van der Waals surface area contributed by atoms with Crippen molar-refractivity contribution in [3.63, 3.8) is 0 Å². The molecule has 2 aliphatic heterocycles. The van der Waals surface area contributed by atoms with Gasteiger partial charge in [-0.3, -0.25) is 9.98 Å². The summed E-state index contributed by atoms with van der Waals surface area (Å²) in [6.07, 6.45) is -1.13. The van der Waals surface area contributed by atoms with E-state index in [9.17, 15) is 15.2 Å². The summed E-state index contributed by atoms with van der Waals surface area (Å²) in [6.45, 7) is -0.0145. The molecule has 11 nitrogen and oxygen atoms in total. The van der Waals surface area contributed by atoms with Gasteiger partial charge in [-0.2, -0.15) is 13.8 Å². The minimum atomic E-state index is -3.46. The van der Waals surface area contributed by atoms with Gasteiger partial charge in [0.05, 0.1) is 6.33 Å². The summed E-state index contributed by atoms with van der Waals surface area (Å²) < 4.78 is 17.9. The van der Waals surface area contributed by atoms with Crippen molar-refractivity contribution in [2.24, 2.45) is 0 Å². The summed E-state index contributed by atoms with van der Waals surface area (Å²) in [7, 11) is 2.00. The maximum Gasteiger partial charge on any atom is 0.488 e. The molecule has 5 atom stereocenters. The number of aromatic nitrogens is 4. The number of nitrogens with zero attached hydrogens (tertiary/aromatic N) is 4. The molecule has 0 bridgehead atoms. The molecule has 0 saturated carbocycles. The number of aliphatic hydroxyl groups is 1. The van der Waals surface area contributed by atoms with Crippen molar-refractivity contribution in [1.29, 1.82) is 5.41 Å². The molecule has 2 unspecified atom stereocenters. The molecular formula is C10H12BN5O6P+. The van der Waals surface area contributed by atoms with Crippen LogP contribution in [0.4, 0.5) is 0 Å². The second-order valence-corrected chi connectivity index (χ2v) is 6.84. The molecular weight excluding hydrogens is 328 g/mol. The zero-order valence-electron chi connectivity index (χ0n) is 11.6. The second kappa shape index (κ2) is 4.97. The van der Waals surface area contributed by atoms with Crippen molar-refractivity contribution in [3.05, 3.63) is 18.1 Å². The quantitative estimate of drug-likeness (QED) is 0.277. The van der Waals surface area contributed by atoms with E-state index in [-0.39, 0.29) is 23.3 Å². The highest BCUT2D eigenvalue weighted by atomic mass is 31.2. The van der Waals surface area contributed by atoms with E-state index in [0.29, 0.717) is 4.73 Å². The number of rotatable bonds is 1. The largest absolute Gasteiger partial charge is 0.488 e. The van der Waals surface area contributed by atoms with Crippen LogP contribution in [-0.2, 0) is 13.8 Å². The zero-order valence-corrected chi connectivity index (χ0v) is 12.4. The van der Waals surface area contributed by atoms with Crippen LogP contribution in [0.15, 0.2) is 12.7 Å². The van der Waals surface area contributed by atoms with Gasteiger partial charge in [0, 0.05) is 0 Å². The van der Waals surface area contributed by atoms with Crippen LogP contribution in [-0.4, -0.2) is 67.0 Å². The summed E-state index contributed by atoms with van der Waals surface area (Å²) in [5, 5.41) is 27.6. The number of imidazole rings is 1. The number of hydrogen-bond acceptors (Lipinski definition) is 9. The Hall–Kier alpha value is -1.56. The van der Waals surface area contributed by atoms with Gasteiger partial charge in [-0.1, -0.05) is 0 Å². The van der Waals surface area contributed by atoms with E-state index < -0.39 is 32.4 Å². The number of fused-ring (bicyclic) bond motifs is 2. The first-order valence-electron chi connectivity index (χ1n) is 6.62. The minimum absolute atomic E-state index is 0.0145. The molecule has 120 valence electrons. The fourth-order valence-corrected chi connectivity index (χ4v) is 3.74. The molecule has 2 fully saturated rings. The van der Waals surface area contributed by atoms with Crippen LogP contribution in [0.5, 0.6) is 0 Å². The SMILES string of the molecule is [B][P+]1(O)OC[C@H]2O[C@@H](n3cnc4c(=N)n(O)cnc43)C(O)[C@H]2O1. The number of nitrogens with one attached hydrogen (secondary N) is 1. The van der Waals surface area contributed by atoms with Gasteiger partial charge in [0.2, 0.25) is 0 Å². The van der Waals surface area contributed by atoms with Crippen LogP contribution in [0.1, 0.15) is 6.23 Å². The third kappa shape index (κ3) is 2.26. The van der Waals surface area contributed by atoms with Crippen molar-refractivity contribution < 1.29 is 29.0 Å². The second-order valence-electron chi connectivity index (χ2n) is 5.25. The third-order valence-corrected chi connectivity index (χ3v) is 4.86. The molecule has 2 saturated heterocycles. The maximum atomic E-state index is 10.4. The molecule has 0 amide bonds. The lowest BCUT2D eigenvalue weighted by Gasteiger charge is -2.27. The molecule has 23 heavy (non-hydrogen) atoms. The van der Waals surface area contributed by atoms with Gasteiger partial charge >= 0.3 is 15.4 Å². The lowest BCUT2D eigenvalue weighted by atomic mass is 10.1. The Balaban J connectivity index is 1.72. The van der Waals surface area contributed by atoms with E-state index in [1.54, 1.807) is 0 Å². The zero-order chi connectivity index (χ0) is 16.4. The van der Waals surface area contributed by atoms with E-state index in [2.05, 4.69) is 9.97 Å². The molecule has 4 N–H and O–H groups in total. The summed E-state index contributed by atoms with van der Waals surface area (Å²) in [4.78, 5) is 17.7. The van der Waals surface area contributed by atoms with Gasteiger partial charge in [-0.25, -0.2) is 14.9 Å². The first kappa shape index (κ1) is 15.0. The molecule has 4 heterocycles. The maximum absolute atomic E-state index is 10.4. The van der Waals surface area contributed by atoms with Crippen molar-refractivity contribution in [1.82, 2.24) is 19.3 Å². The molecule has 4 rings (SSSR count). The minimum Gasteiger partial charge on any atom is -0.425 e. The first-order chi connectivity index (χ1) is 10.9. The summed E-state index contributed by atoms with van der Waals surface area (Å²) in [6, 6.07) is 0. The van der Waals surface area contributed by atoms with Crippen LogP contribution in [0.3, 0.4) is 0 Å². The van der Waals surface area contributed by atoms with Crippen molar-refractivity contribution in [3.8, 4) is 0 Å². The van der Waals surface area contributed by atoms with Crippen molar-refractivity contribution in [2.45, 2.75) is 24.5 Å². The van der Waals surface area contributed by atoms with E-state index in [1.165, 1.54) is 10.9 Å². The smallest absolute Gasteiger partial charge is 0.425 e. The molecule has 2 aromatic rings. The molecule has 2 aromatic heterocycles. The average Bonchev–Trinajstić information content (AvgIpc) is 3.05. The van der Waals surface area contributed by atoms with E-state index >= 15 is 0 Å².